The molecule has 0 saturated carbocycles. The second-order valence-electron chi connectivity index (χ2n) is 4.12. The van der Waals surface area contributed by atoms with Gasteiger partial charge in [-0.15, -0.1) is 16.4 Å². The van der Waals surface area contributed by atoms with E-state index in [4.69, 9.17) is 0 Å². The van der Waals surface area contributed by atoms with Crippen molar-refractivity contribution in [3.63, 3.8) is 0 Å². The van der Waals surface area contributed by atoms with Crippen molar-refractivity contribution >= 4 is 17.2 Å². The molecule has 17 heavy (non-hydrogen) atoms. The molecule has 0 fully saturated rings. The van der Waals surface area contributed by atoms with Crippen molar-refractivity contribution in [1.29, 1.82) is 0 Å². The standard InChI is InChI=1S/C11H12N4OS/c1-14-7-9(12-13-14)11(16)15-4-2-10-8(6-15)3-5-17-10/h3,5,7H,2,4,6H2,1H3. The smallest absolute Gasteiger partial charge is 0.276 e. The summed E-state index contributed by atoms with van der Waals surface area (Å²) in [6.07, 6.45) is 2.60. The molecule has 5 nitrogen and oxygen atoms in total. The molecular formula is C11H12N4OS. The van der Waals surface area contributed by atoms with E-state index in [1.807, 2.05) is 4.90 Å². The predicted molar refractivity (Wildman–Crippen MR) is 63.8 cm³/mol. The fraction of sp³-hybridized carbons (Fsp3) is 0.364. The maximum atomic E-state index is 12.2. The Morgan fingerprint density at radius 2 is 2.41 bits per heavy atom. The van der Waals surface area contributed by atoms with Gasteiger partial charge in [0, 0.05) is 25.0 Å². The van der Waals surface area contributed by atoms with Gasteiger partial charge in [0.25, 0.3) is 5.91 Å². The predicted octanol–water partition coefficient (Wildman–Crippen LogP) is 1.08. The highest BCUT2D eigenvalue weighted by Gasteiger charge is 2.24. The molecule has 88 valence electrons. The summed E-state index contributed by atoms with van der Waals surface area (Å²) in [6.45, 7) is 1.46. The van der Waals surface area contributed by atoms with Crippen LogP contribution >= 0.6 is 11.3 Å². The molecule has 3 heterocycles. The molecule has 0 aromatic carbocycles. The highest BCUT2D eigenvalue weighted by Crippen LogP contribution is 2.24. The molecular weight excluding hydrogens is 236 g/mol. The number of carbonyl (C=O) groups is 1. The fourth-order valence-electron chi connectivity index (χ4n) is 2.03. The van der Waals surface area contributed by atoms with Gasteiger partial charge >= 0.3 is 0 Å². The van der Waals surface area contributed by atoms with E-state index in [2.05, 4.69) is 21.8 Å². The maximum Gasteiger partial charge on any atom is 0.276 e. The lowest BCUT2D eigenvalue weighted by molar-refractivity contribution is 0.0730. The summed E-state index contributed by atoms with van der Waals surface area (Å²) < 4.78 is 1.55. The van der Waals surface area contributed by atoms with Gasteiger partial charge in [-0.05, 0) is 23.4 Å². The Balaban J connectivity index is 1.81. The van der Waals surface area contributed by atoms with Gasteiger partial charge in [0.2, 0.25) is 0 Å². The number of thiophene rings is 1. The normalized spacial score (nSPS) is 14.8. The first-order valence-corrected chi connectivity index (χ1v) is 6.33. The van der Waals surface area contributed by atoms with Gasteiger partial charge in [0.1, 0.15) is 0 Å². The van der Waals surface area contributed by atoms with Crippen molar-refractivity contribution < 1.29 is 4.79 Å². The molecule has 0 aliphatic carbocycles. The van der Waals surface area contributed by atoms with Crippen molar-refractivity contribution in [3.05, 3.63) is 33.8 Å². The molecule has 0 spiro atoms. The van der Waals surface area contributed by atoms with Gasteiger partial charge in [0.15, 0.2) is 5.69 Å². The molecule has 2 aromatic heterocycles. The van der Waals surface area contributed by atoms with E-state index in [0.29, 0.717) is 12.2 Å². The Kier molecular flexibility index (Phi) is 2.44. The summed E-state index contributed by atoms with van der Waals surface area (Å²) in [6, 6.07) is 2.09. The van der Waals surface area contributed by atoms with E-state index in [-0.39, 0.29) is 5.91 Å². The Hall–Kier alpha value is -1.69. The van der Waals surface area contributed by atoms with Gasteiger partial charge in [-0.2, -0.15) is 0 Å². The summed E-state index contributed by atoms with van der Waals surface area (Å²) in [7, 11) is 1.76. The van der Waals surface area contributed by atoms with Crippen LogP contribution in [-0.2, 0) is 20.0 Å². The molecule has 0 saturated heterocycles. The van der Waals surface area contributed by atoms with E-state index in [1.54, 1.807) is 29.3 Å². The molecule has 3 rings (SSSR count). The van der Waals surface area contributed by atoms with Gasteiger partial charge in [0.05, 0.1) is 6.20 Å². The minimum absolute atomic E-state index is 0.0325. The third-order valence-corrected chi connectivity index (χ3v) is 3.94. The van der Waals surface area contributed by atoms with Crippen molar-refractivity contribution in [3.8, 4) is 0 Å². The zero-order valence-electron chi connectivity index (χ0n) is 9.46. The van der Waals surface area contributed by atoms with Gasteiger partial charge in [-0.25, -0.2) is 0 Å². The van der Waals surface area contributed by atoms with Crippen LogP contribution < -0.4 is 0 Å². The van der Waals surface area contributed by atoms with Crippen LogP contribution in [0.25, 0.3) is 0 Å². The monoisotopic (exact) mass is 248 g/mol. The molecule has 0 radical (unpaired) electrons. The molecule has 1 aliphatic rings. The van der Waals surface area contributed by atoms with Crippen LogP contribution in [0.4, 0.5) is 0 Å². The van der Waals surface area contributed by atoms with E-state index in [0.717, 1.165) is 13.0 Å². The van der Waals surface area contributed by atoms with E-state index >= 15 is 0 Å². The highest BCUT2D eigenvalue weighted by atomic mass is 32.1. The van der Waals surface area contributed by atoms with Gasteiger partial charge < -0.3 is 4.90 Å². The molecule has 2 aromatic rings. The fourth-order valence-corrected chi connectivity index (χ4v) is 2.92. The third kappa shape index (κ3) is 1.84. The number of aryl methyl sites for hydroxylation is 1. The number of hydrogen-bond donors (Lipinski definition) is 0. The van der Waals surface area contributed by atoms with Crippen LogP contribution in [0.1, 0.15) is 20.9 Å². The number of fused-ring (bicyclic) bond motifs is 1. The summed E-state index contributed by atoms with van der Waals surface area (Å²) in [5, 5.41) is 9.73. The number of hydrogen-bond acceptors (Lipinski definition) is 4. The molecule has 0 unspecified atom stereocenters. The molecule has 0 bridgehead atoms. The summed E-state index contributed by atoms with van der Waals surface area (Å²) in [5.74, 6) is -0.0325. The van der Waals surface area contributed by atoms with Crippen LogP contribution in [-0.4, -0.2) is 32.3 Å². The number of aromatic nitrogens is 3. The first-order chi connectivity index (χ1) is 8.24. The second kappa shape index (κ2) is 3.96. The minimum atomic E-state index is -0.0325. The largest absolute Gasteiger partial charge is 0.332 e. The lowest BCUT2D eigenvalue weighted by Crippen LogP contribution is -2.35. The first kappa shape index (κ1) is 10.5. The van der Waals surface area contributed by atoms with Crippen LogP contribution in [0, 0.1) is 0 Å². The lowest BCUT2D eigenvalue weighted by atomic mass is 10.1. The third-order valence-electron chi connectivity index (χ3n) is 2.92. The Bertz CT molecular complexity index is 559. The van der Waals surface area contributed by atoms with Crippen molar-refractivity contribution in [1.82, 2.24) is 19.9 Å². The summed E-state index contributed by atoms with van der Waals surface area (Å²) >= 11 is 1.77. The second-order valence-corrected chi connectivity index (χ2v) is 5.12. The number of rotatable bonds is 1. The van der Waals surface area contributed by atoms with E-state index in [9.17, 15) is 4.79 Å². The molecule has 1 aliphatic heterocycles. The zero-order valence-corrected chi connectivity index (χ0v) is 10.3. The summed E-state index contributed by atoms with van der Waals surface area (Å²) in [4.78, 5) is 15.4. The van der Waals surface area contributed by atoms with Gasteiger partial charge in [-0.1, -0.05) is 5.21 Å². The molecule has 0 N–H and O–H groups in total. The maximum absolute atomic E-state index is 12.2. The molecule has 1 amide bonds. The minimum Gasteiger partial charge on any atom is -0.332 e. The number of nitrogens with zero attached hydrogens (tertiary/aromatic N) is 4. The van der Waals surface area contributed by atoms with Crippen molar-refractivity contribution in [2.45, 2.75) is 13.0 Å². The SMILES string of the molecule is Cn1cc(C(=O)N2CCc3sccc3C2)nn1. The Morgan fingerprint density at radius 3 is 3.18 bits per heavy atom. The van der Waals surface area contributed by atoms with Gasteiger partial charge in [-0.3, -0.25) is 9.48 Å². The Morgan fingerprint density at radius 1 is 1.53 bits per heavy atom. The van der Waals surface area contributed by atoms with Crippen molar-refractivity contribution in [2.75, 3.05) is 6.54 Å². The van der Waals surface area contributed by atoms with Crippen LogP contribution in [0.5, 0.6) is 0 Å². The quantitative estimate of drug-likeness (QED) is 0.758. The zero-order chi connectivity index (χ0) is 11.8. The van der Waals surface area contributed by atoms with Crippen molar-refractivity contribution in [2.24, 2.45) is 7.05 Å². The average Bonchev–Trinajstić information content (AvgIpc) is 2.95. The lowest BCUT2D eigenvalue weighted by Gasteiger charge is -2.26. The van der Waals surface area contributed by atoms with Crippen LogP contribution in [0.15, 0.2) is 17.6 Å². The topological polar surface area (TPSA) is 51.0 Å². The van der Waals surface area contributed by atoms with E-state index in [1.165, 1.54) is 10.4 Å². The highest BCUT2D eigenvalue weighted by molar-refractivity contribution is 7.10. The number of carbonyl (C=O) groups excluding carboxylic acids is 1. The summed E-state index contributed by atoms with van der Waals surface area (Å²) in [5.41, 5.74) is 1.68. The average molecular weight is 248 g/mol. The molecule has 0 atom stereocenters. The van der Waals surface area contributed by atoms with Crippen LogP contribution in [0.3, 0.4) is 0 Å². The number of amides is 1. The first-order valence-electron chi connectivity index (χ1n) is 5.45. The molecule has 6 heteroatoms. The van der Waals surface area contributed by atoms with Crippen LogP contribution in [0.2, 0.25) is 0 Å². The van der Waals surface area contributed by atoms with E-state index < -0.39 is 0 Å². The Labute approximate surface area is 103 Å².